The first kappa shape index (κ1) is 15.9. The van der Waals surface area contributed by atoms with Crippen LogP contribution >= 0.6 is 11.8 Å². The average Bonchev–Trinajstić information content (AvgIpc) is 2.84. The molecule has 1 saturated heterocycles. The van der Waals surface area contributed by atoms with Gasteiger partial charge in [0.25, 0.3) is 5.56 Å². The maximum absolute atomic E-state index is 12.3. The smallest absolute Gasteiger partial charge is 0.254 e. The number of hydrogen-bond donors (Lipinski definition) is 1. The van der Waals surface area contributed by atoms with Gasteiger partial charge in [0, 0.05) is 35.5 Å². The first-order valence-electron chi connectivity index (χ1n) is 8.61. The highest BCUT2D eigenvalue weighted by Crippen LogP contribution is 2.33. The fourth-order valence-electron chi connectivity index (χ4n) is 4.16. The van der Waals surface area contributed by atoms with Crippen LogP contribution in [-0.2, 0) is 19.4 Å². The maximum Gasteiger partial charge on any atom is 0.254 e. The normalized spacial score (nSPS) is 23.1. The summed E-state index contributed by atoms with van der Waals surface area (Å²) in [5, 5.41) is 0. The molecule has 3 heterocycles. The van der Waals surface area contributed by atoms with Crippen molar-refractivity contribution in [3.63, 3.8) is 0 Å². The zero-order valence-corrected chi connectivity index (χ0v) is 15.0. The number of thioether (sulfide) groups is 1. The first-order chi connectivity index (χ1) is 11.6. The van der Waals surface area contributed by atoms with Crippen LogP contribution in [0.1, 0.15) is 35.5 Å². The van der Waals surface area contributed by atoms with Crippen molar-refractivity contribution in [3.05, 3.63) is 57.3 Å². The molecule has 2 aliphatic heterocycles. The molecule has 0 unspecified atom stereocenters. The van der Waals surface area contributed by atoms with E-state index in [9.17, 15) is 4.79 Å². The Morgan fingerprint density at radius 1 is 1.21 bits per heavy atom. The van der Waals surface area contributed by atoms with Gasteiger partial charge in [-0.1, -0.05) is 12.1 Å². The SMILES string of the molecule is CSc1ccc(CN2[C@H]3CC[C@H]2Cc2c(nc(C)[nH]c2=O)C3)cc1. The lowest BCUT2D eigenvalue weighted by molar-refractivity contribution is 0.187. The molecule has 2 aliphatic rings. The van der Waals surface area contributed by atoms with Crippen molar-refractivity contribution in [3.8, 4) is 0 Å². The van der Waals surface area contributed by atoms with Gasteiger partial charge in [0.05, 0.1) is 5.69 Å². The second kappa shape index (κ2) is 6.37. The summed E-state index contributed by atoms with van der Waals surface area (Å²) in [6, 6.07) is 9.83. The van der Waals surface area contributed by atoms with E-state index in [4.69, 9.17) is 0 Å². The van der Waals surface area contributed by atoms with Crippen LogP contribution in [0.5, 0.6) is 0 Å². The van der Waals surface area contributed by atoms with Crippen molar-refractivity contribution in [2.45, 2.75) is 56.1 Å². The second-order valence-electron chi connectivity index (χ2n) is 6.89. The van der Waals surface area contributed by atoms with Gasteiger partial charge in [-0.05, 0) is 50.1 Å². The highest BCUT2D eigenvalue weighted by molar-refractivity contribution is 7.98. The van der Waals surface area contributed by atoms with Gasteiger partial charge in [0.15, 0.2) is 0 Å². The van der Waals surface area contributed by atoms with E-state index < -0.39 is 0 Å². The van der Waals surface area contributed by atoms with E-state index in [1.807, 2.05) is 6.92 Å². The molecule has 0 amide bonds. The Morgan fingerprint density at radius 2 is 1.92 bits per heavy atom. The summed E-state index contributed by atoms with van der Waals surface area (Å²) in [6.45, 7) is 2.84. The molecule has 24 heavy (non-hydrogen) atoms. The highest BCUT2D eigenvalue weighted by atomic mass is 32.2. The van der Waals surface area contributed by atoms with Crippen LogP contribution in [0.2, 0.25) is 0 Å². The summed E-state index contributed by atoms with van der Waals surface area (Å²) in [6.07, 6.45) is 6.23. The van der Waals surface area contributed by atoms with Crippen LogP contribution in [0.25, 0.3) is 0 Å². The lowest BCUT2D eigenvalue weighted by Crippen LogP contribution is -2.36. The predicted octanol–water partition coefficient (Wildman–Crippen LogP) is 2.93. The van der Waals surface area contributed by atoms with Gasteiger partial charge in [-0.15, -0.1) is 11.8 Å². The third-order valence-corrected chi connectivity index (χ3v) is 6.13. The van der Waals surface area contributed by atoms with Crippen LogP contribution in [0.15, 0.2) is 34.0 Å². The number of fused-ring (bicyclic) bond motifs is 3. The predicted molar refractivity (Wildman–Crippen MR) is 97.6 cm³/mol. The van der Waals surface area contributed by atoms with Crippen molar-refractivity contribution in [2.75, 3.05) is 6.26 Å². The Hall–Kier alpha value is -1.59. The van der Waals surface area contributed by atoms with E-state index in [0.29, 0.717) is 12.1 Å². The molecule has 4 nitrogen and oxygen atoms in total. The van der Waals surface area contributed by atoms with E-state index in [1.165, 1.54) is 23.3 Å². The Labute approximate surface area is 146 Å². The number of nitrogens with one attached hydrogen (secondary N) is 1. The number of aromatic amines is 1. The average molecular weight is 341 g/mol. The highest BCUT2D eigenvalue weighted by Gasteiger charge is 2.38. The van der Waals surface area contributed by atoms with E-state index in [0.717, 1.165) is 36.5 Å². The van der Waals surface area contributed by atoms with Crippen molar-refractivity contribution in [1.82, 2.24) is 14.9 Å². The van der Waals surface area contributed by atoms with Crippen molar-refractivity contribution >= 4 is 11.8 Å². The number of benzene rings is 1. The molecule has 0 spiro atoms. The number of aryl methyl sites for hydroxylation is 1. The zero-order valence-electron chi connectivity index (χ0n) is 14.2. The van der Waals surface area contributed by atoms with Gasteiger partial charge < -0.3 is 4.98 Å². The van der Waals surface area contributed by atoms with Gasteiger partial charge >= 0.3 is 0 Å². The Kier molecular flexibility index (Phi) is 4.22. The second-order valence-corrected chi connectivity index (χ2v) is 7.77. The number of nitrogens with zero attached hydrogens (tertiary/aromatic N) is 2. The lowest BCUT2D eigenvalue weighted by Gasteiger charge is -2.27. The lowest BCUT2D eigenvalue weighted by atomic mass is 9.98. The minimum Gasteiger partial charge on any atom is -0.311 e. The Morgan fingerprint density at radius 3 is 2.62 bits per heavy atom. The summed E-state index contributed by atoms with van der Waals surface area (Å²) in [4.78, 5) is 23.7. The molecular weight excluding hydrogens is 318 g/mol. The summed E-state index contributed by atoms with van der Waals surface area (Å²) < 4.78 is 0. The molecule has 4 rings (SSSR count). The van der Waals surface area contributed by atoms with Crippen molar-refractivity contribution in [2.24, 2.45) is 0 Å². The van der Waals surface area contributed by atoms with Gasteiger partial charge in [0.2, 0.25) is 0 Å². The molecule has 0 aliphatic carbocycles. The van der Waals surface area contributed by atoms with Gasteiger partial charge in [-0.3, -0.25) is 9.69 Å². The molecule has 1 N–H and O–H groups in total. The maximum atomic E-state index is 12.3. The van der Waals surface area contributed by atoms with Crippen LogP contribution in [0, 0.1) is 6.92 Å². The van der Waals surface area contributed by atoms with Crippen LogP contribution < -0.4 is 5.56 Å². The molecule has 2 atom stereocenters. The fraction of sp³-hybridized carbons (Fsp3) is 0.474. The number of hydrogen-bond acceptors (Lipinski definition) is 4. The molecule has 5 heteroatoms. The third kappa shape index (κ3) is 2.91. The molecule has 2 aromatic rings. The molecule has 1 aromatic heterocycles. The largest absolute Gasteiger partial charge is 0.311 e. The Balaban J connectivity index is 1.60. The van der Waals surface area contributed by atoms with Crippen LogP contribution in [-0.4, -0.2) is 33.2 Å². The molecule has 1 fully saturated rings. The van der Waals surface area contributed by atoms with E-state index in [-0.39, 0.29) is 5.56 Å². The van der Waals surface area contributed by atoms with Crippen molar-refractivity contribution in [1.29, 1.82) is 0 Å². The van der Waals surface area contributed by atoms with Crippen molar-refractivity contribution < 1.29 is 0 Å². The summed E-state index contributed by atoms with van der Waals surface area (Å²) in [5.74, 6) is 0.732. The Bertz CT molecular complexity index is 799. The summed E-state index contributed by atoms with van der Waals surface area (Å²) in [7, 11) is 0. The molecule has 0 saturated carbocycles. The quantitative estimate of drug-likeness (QED) is 0.872. The monoisotopic (exact) mass is 341 g/mol. The van der Waals surface area contributed by atoms with Gasteiger partial charge in [-0.2, -0.15) is 0 Å². The number of rotatable bonds is 3. The van der Waals surface area contributed by atoms with Crippen LogP contribution in [0.4, 0.5) is 0 Å². The minimum atomic E-state index is 0.0642. The molecule has 2 bridgehead atoms. The first-order valence-corrected chi connectivity index (χ1v) is 9.84. The van der Waals surface area contributed by atoms with E-state index in [2.05, 4.69) is 45.4 Å². The minimum absolute atomic E-state index is 0.0642. The van der Waals surface area contributed by atoms with E-state index >= 15 is 0 Å². The third-order valence-electron chi connectivity index (χ3n) is 5.38. The molecule has 1 aromatic carbocycles. The van der Waals surface area contributed by atoms with Crippen LogP contribution in [0.3, 0.4) is 0 Å². The van der Waals surface area contributed by atoms with Gasteiger partial charge in [-0.25, -0.2) is 4.98 Å². The number of aromatic nitrogens is 2. The summed E-state index contributed by atoms with van der Waals surface area (Å²) in [5.41, 5.74) is 3.35. The molecule has 126 valence electrons. The fourth-order valence-corrected chi connectivity index (χ4v) is 4.57. The number of H-pyrrole nitrogens is 1. The van der Waals surface area contributed by atoms with E-state index in [1.54, 1.807) is 11.8 Å². The van der Waals surface area contributed by atoms with Gasteiger partial charge in [0.1, 0.15) is 5.82 Å². The molecule has 0 radical (unpaired) electrons. The summed E-state index contributed by atoms with van der Waals surface area (Å²) >= 11 is 1.77. The topological polar surface area (TPSA) is 49.0 Å². The molecular formula is C19H23N3OS. The standard InChI is InChI=1S/C19H23N3OS/c1-12-20-18-10-15-6-5-14(9-17(18)19(23)21-12)22(15)11-13-3-7-16(24-2)8-4-13/h3-4,7-8,14-15H,5-6,9-11H2,1-2H3,(H,20,21,23)/t14-,15-/m0/s1. The zero-order chi connectivity index (χ0) is 16.7.